The minimum absolute atomic E-state index is 0.114. The molecule has 1 atom stereocenters. The van der Waals surface area contributed by atoms with Crippen LogP contribution in [0.4, 0.5) is 17.1 Å². The van der Waals surface area contributed by atoms with Crippen LogP contribution in [0.25, 0.3) is 0 Å². The van der Waals surface area contributed by atoms with Crippen LogP contribution in [0.3, 0.4) is 0 Å². The molecule has 0 saturated heterocycles. The number of nitrogens with two attached hydrogens (primary N) is 1. The molecule has 1 amide bonds. The Balaban J connectivity index is 2.74. The Hall–Kier alpha value is -1.84. The third-order valence-electron chi connectivity index (χ3n) is 5.26. The Morgan fingerprint density at radius 2 is 1.86 bits per heavy atom. The van der Waals surface area contributed by atoms with Crippen molar-refractivity contribution in [3.63, 3.8) is 0 Å². The summed E-state index contributed by atoms with van der Waals surface area (Å²) >= 11 is 0. The first-order valence-corrected chi connectivity index (χ1v) is 11.4. The van der Waals surface area contributed by atoms with E-state index in [1.807, 2.05) is 27.7 Å². The second kappa shape index (κ2) is 8.49. The Bertz CT molecular complexity index is 891. The van der Waals surface area contributed by atoms with Gasteiger partial charge in [-0.3, -0.25) is 9.52 Å². The number of rotatable bonds is 7. The summed E-state index contributed by atoms with van der Waals surface area (Å²) in [5.41, 5.74) is 3.86. The molecule has 4 N–H and O–H groups in total. The van der Waals surface area contributed by atoms with Crippen LogP contribution in [0, 0.1) is 19.3 Å². The lowest BCUT2D eigenvalue weighted by atomic mass is 9.93. The number of carbonyl (C=O) groups is 1. The van der Waals surface area contributed by atoms with Gasteiger partial charge < -0.3 is 15.0 Å². The van der Waals surface area contributed by atoms with Crippen molar-refractivity contribution in [1.82, 2.24) is 0 Å². The van der Waals surface area contributed by atoms with Crippen LogP contribution in [0.15, 0.2) is 0 Å². The summed E-state index contributed by atoms with van der Waals surface area (Å²) in [5.74, 6) is -0.139. The van der Waals surface area contributed by atoms with Crippen LogP contribution in [0.1, 0.15) is 50.8 Å². The van der Waals surface area contributed by atoms with Crippen molar-refractivity contribution < 1.29 is 17.9 Å². The minimum Gasteiger partial charge on any atom is -0.383 e. The van der Waals surface area contributed by atoms with Gasteiger partial charge in [-0.2, -0.15) is 8.42 Å². The van der Waals surface area contributed by atoms with Gasteiger partial charge in [0, 0.05) is 19.1 Å². The fourth-order valence-electron chi connectivity index (χ4n) is 3.78. The van der Waals surface area contributed by atoms with Gasteiger partial charge in [0.25, 0.3) is 10.2 Å². The summed E-state index contributed by atoms with van der Waals surface area (Å²) in [6.45, 7) is 12.7. The first kappa shape index (κ1) is 23.4. The molecule has 164 valence electrons. The molecule has 0 radical (unpaired) electrons. The third kappa shape index (κ3) is 5.02. The van der Waals surface area contributed by atoms with Crippen LogP contribution in [-0.4, -0.2) is 40.6 Å². The maximum Gasteiger partial charge on any atom is 0.296 e. The van der Waals surface area contributed by atoms with Crippen molar-refractivity contribution in [2.45, 2.75) is 60.4 Å². The zero-order valence-electron chi connectivity index (χ0n) is 18.5. The van der Waals surface area contributed by atoms with E-state index < -0.39 is 15.6 Å². The maximum absolute atomic E-state index is 12.8. The zero-order valence-corrected chi connectivity index (χ0v) is 19.3. The van der Waals surface area contributed by atoms with Crippen molar-refractivity contribution >= 4 is 33.2 Å². The lowest BCUT2D eigenvalue weighted by Crippen LogP contribution is -2.37. The molecule has 1 aliphatic heterocycles. The number of benzene rings is 1. The summed E-state index contributed by atoms with van der Waals surface area (Å²) in [5, 5.41) is 8.32. The lowest BCUT2D eigenvalue weighted by molar-refractivity contribution is -0.123. The molecule has 1 unspecified atom stereocenters. The SMILES string of the molecule is CCCN1c2c(c(C)c(NS(N)(=O)=O)c(C)c2NC(=O)C(C)(C)C)CC1COC. The largest absolute Gasteiger partial charge is 0.383 e. The number of carbonyl (C=O) groups excluding carboxylic acids is 1. The highest BCUT2D eigenvalue weighted by molar-refractivity contribution is 7.90. The molecular weight excluding hydrogens is 392 g/mol. The van der Waals surface area contributed by atoms with E-state index >= 15 is 0 Å². The minimum atomic E-state index is -3.96. The highest BCUT2D eigenvalue weighted by Crippen LogP contribution is 2.47. The molecule has 0 saturated carbocycles. The number of fused-ring (bicyclic) bond motifs is 1. The average Bonchev–Trinajstić information content (AvgIpc) is 2.93. The molecule has 0 bridgehead atoms. The molecular formula is C20H34N4O4S. The van der Waals surface area contributed by atoms with Crippen molar-refractivity contribution in [3.05, 3.63) is 16.7 Å². The van der Waals surface area contributed by atoms with Crippen LogP contribution in [0.5, 0.6) is 0 Å². The Morgan fingerprint density at radius 1 is 1.24 bits per heavy atom. The number of nitrogens with one attached hydrogen (secondary N) is 2. The molecule has 9 heteroatoms. The van der Waals surface area contributed by atoms with E-state index in [0.29, 0.717) is 30.0 Å². The van der Waals surface area contributed by atoms with E-state index in [9.17, 15) is 13.2 Å². The molecule has 0 aromatic heterocycles. The van der Waals surface area contributed by atoms with Gasteiger partial charge >= 0.3 is 0 Å². The van der Waals surface area contributed by atoms with Gasteiger partial charge in [0.15, 0.2) is 0 Å². The number of ether oxygens (including phenoxy) is 1. The molecule has 1 aromatic rings. The highest BCUT2D eigenvalue weighted by Gasteiger charge is 2.36. The van der Waals surface area contributed by atoms with Gasteiger partial charge in [0.05, 0.1) is 29.7 Å². The van der Waals surface area contributed by atoms with Crippen molar-refractivity contribution in [2.24, 2.45) is 10.6 Å². The maximum atomic E-state index is 12.8. The fourth-order valence-corrected chi connectivity index (χ4v) is 4.37. The van der Waals surface area contributed by atoms with E-state index in [-0.39, 0.29) is 11.9 Å². The van der Waals surface area contributed by atoms with Gasteiger partial charge in [0.1, 0.15) is 0 Å². The number of amides is 1. The quantitative estimate of drug-likeness (QED) is 0.620. The normalized spacial score (nSPS) is 16.7. The Labute approximate surface area is 174 Å². The van der Waals surface area contributed by atoms with Crippen molar-refractivity contribution in [3.8, 4) is 0 Å². The predicted molar refractivity (Wildman–Crippen MR) is 118 cm³/mol. The second-order valence-electron chi connectivity index (χ2n) is 8.69. The number of anilines is 3. The van der Waals surface area contributed by atoms with Gasteiger partial charge in [-0.25, -0.2) is 5.14 Å². The van der Waals surface area contributed by atoms with Gasteiger partial charge in [-0.15, -0.1) is 0 Å². The summed E-state index contributed by atoms with van der Waals surface area (Å²) in [4.78, 5) is 15.1. The first-order chi connectivity index (χ1) is 13.3. The molecule has 0 fully saturated rings. The molecule has 1 aromatic carbocycles. The monoisotopic (exact) mass is 426 g/mol. The molecule has 8 nitrogen and oxygen atoms in total. The van der Waals surface area contributed by atoms with Crippen molar-refractivity contribution in [2.75, 3.05) is 35.2 Å². The Kier molecular flexibility index (Phi) is 6.86. The second-order valence-corrected chi connectivity index (χ2v) is 9.98. The van der Waals surface area contributed by atoms with Gasteiger partial charge in [0.2, 0.25) is 5.91 Å². The topological polar surface area (TPSA) is 114 Å². The fraction of sp³-hybridized carbons (Fsp3) is 0.650. The van der Waals surface area contributed by atoms with Crippen molar-refractivity contribution in [1.29, 1.82) is 0 Å². The molecule has 0 aliphatic carbocycles. The third-order valence-corrected chi connectivity index (χ3v) is 5.74. The number of hydrogen-bond donors (Lipinski definition) is 3. The predicted octanol–water partition coefficient (Wildman–Crippen LogP) is 2.69. The number of nitrogens with zero attached hydrogens (tertiary/aromatic N) is 1. The molecule has 1 aliphatic rings. The zero-order chi connectivity index (χ0) is 22.1. The molecule has 29 heavy (non-hydrogen) atoms. The lowest BCUT2D eigenvalue weighted by Gasteiger charge is -2.30. The summed E-state index contributed by atoms with van der Waals surface area (Å²) in [7, 11) is -2.29. The number of hydrogen-bond acceptors (Lipinski definition) is 5. The van der Waals surface area contributed by atoms with E-state index in [4.69, 9.17) is 9.88 Å². The Morgan fingerprint density at radius 3 is 2.34 bits per heavy atom. The van der Waals surface area contributed by atoms with E-state index in [1.165, 1.54) is 0 Å². The van der Waals surface area contributed by atoms with E-state index in [1.54, 1.807) is 14.0 Å². The summed E-state index contributed by atoms with van der Waals surface area (Å²) in [6, 6.07) is 0.114. The molecule has 2 rings (SSSR count). The highest BCUT2D eigenvalue weighted by atomic mass is 32.2. The van der Waals surface area contributed by atoms with Crippen LogP contribution in [0.2, 0.25) is 0 Å². The van der Waals surface area contributed by atoms with E-state index in [2.05, 4.69) is 21.9 Å². The summed E-state index contributed by atoms with van der Waals surface area (Å²) < 4.78 is 31.4. The number of methoxy groups -OCH3 is 1. The molecule has 0 spiro atoms. The standard InChI is InChI=1S/C20H34N4O4S/c1-8-9-24-14(11-28-7)10-15-12(2)16(23-29(21,26)27)13(3)17(18(15)24)22-19(25)20(4,5)6/h14,23H,8-11H2,1-7H3,(H,22,25)(H2,21,26,27). The molecule has 1 heterocycles. The van der Waals surface area contributed by atoms with Crippen LogP contribution < -0.4 is 20.1 Å². The van der Waals surface area contributed by atoms with Gasteiger partial charge in [-0.1, -0.05) is 27.7 Å². The van der Waals surface area contributed by atoms with Gasteiger partial charge in [-0.05, 0) is 43.4 Å². The van der Waals surface area contributed by atoms with Crippen LogP contribution >= 0.6 is 0 Å². The van der Waals surface area contributed by atoms with Crippen LogP contribution in [-0.2, 0) is 26.2 Å². The van der Waals surface area contributed by atoms with E-state index in [0.717, 1.165) is 29.8 Å². The first-order valence-electron chi connectivity index (χ1n) is 9.85. The average molecular weight is 427 g/mol. The summed E-state index contributed by atoms with van der Waals surface area (Å²) in [6.07, 6.45) is 1.63. The smallest absolute Gasteiger partial charge is 0.296 e.